The number of nitrogens with one attached hydrogen (secondary N) is 1. The third-order valence-electron chi connectivity index (χ3n) is 4.31. The fourth-order valence-electron chi connectivity index (χ4n) is 3.01. The third-order valence-corrected chi connectivity index (χ3v) is 4.31. The third kappa shape index (κ3) is 3.77. The molecular weight excluding hydrogens is 330 g/mol. The molecule has 2 aromatic heterocycles. The van der Waals surface area contributed by atoms with E-state index >= 15 is 0 Å². The second-order valence-electron chi connectivity index (χ2n) is 6.62. The summed E-state index contributed by atoms with van der Waals surface area (Å²) in [6.07, 6.45) is 0.874. The van der Waals surface area contributed by atoms with Crippen molar-refractivity contribution in [1.82, 2.24) is 24.6 Å². The molecule has 0 fully saturated rings. The quantitative estimate of drug-likeness (QED) is 0.911. The number of aryl methyl sites for hydroxylation is 2. The van der Waals surface area contributed by atoms with Gasteiger partial charge in [-0.1, -0.05) is 0 Å². The number of pyridine rings is 1. The van der Waals surface area contributed by atoms with Crippen molar-refractivity contribution in [2.75, 3.05) is 26.0 Å². The van der Waals surface area contributed by atoms with E-state index in [2.05, 4.69) is 21.5 Å². The summed E-state index contributed by atoms with van der Waals surface area (Å²) in [7, 11) is 3.53. The van der Waals surface area contributed by atoms with Gasteiger partial charge in [-0.05, 0) is 31.5 Å². The molecule has 1 aliphatic rings. The van der Waals surface area contributed by atoms with Crippen molar-refractivity contribution in [2.45, 2.75) is 33.0 Å². The molecule has 0 aliphatic carbocycles. The standard InChI is InChI=1S/C18H23N7O/c1-13-5-6-14(10-19)17(21-13)20-11-15-9-16-12-24(18(26)23(2)3)7-4-8-25(16)22-15/h5-6,9H,4,7-8,11-12H2,1-3H3,(H,20,21). The minimum atomic E-state index is 0.0157. The highest BCUT2D eigenvalue weighted by Gasteiger charge is 2.21. The first-order chi connectivity index (χ1) is 12.5. The van der Waals surface area contributed by atoms with Crippen LogP contribution in [0.3, 0.4) is 0 Å². The van der Waals surface area contributed by atoms with Crippen LogP contribution in [0.5, 0.6) is 0 Å². The van der Waals surface area contributed by atoms with E-state index in [1.807, 2.05) is 28.6 Å². The number of carbonyl (C=O) groups is 1. The smallest absolute Gasteiger partial charge is 0.319 e. The maximum absolute atomic E-state index is 12.3. The number of rotatable bonds is 3. The van der Waals surface area contributed by atoms with Gasteiger partial charge < -0.3 is 15.1 Å². The summed E-state index contributed by atoms with van der Waals surface area (Å²) in [4.78, 5) is 20.1. The van der Waals surface area contributed by atoms with Gasteiger partial charge in [-0.25, -0.2) is 9.78 Å². The number of amides is 2. The van der Waals surface area contributed by atoms with Crippen molar-refractivity contribution in [3.63, 3.8) is 0 Å². The Morgan fingerprint density at radius 3 is 2.92 bits per heavy atom. The number of aromatic nitrogens is 3. The maximum atomic E-state index is 12.3. The van der Waals surface area contributed by atoms with E-state index in [0.717, 1.165) is 36.6 Å². The predicted molar refractivity (Wildman–Crippen MR) is 97.4 cm³/mol. The van der Waals surface area contributed by atoms with Crippen LogP contribution in [0.2, 0.25) is 0 Å². The van der Waals surface area contributed by atoms with Crippen LogP contribution < -0.4 is 5.32 Å². The molecule has 0 aromatic carbocycles. The molecule has 0 spiro atoms. The minimum absolute atomic E-state index is 0.0157. The van der Waals surface area contributed by atoms with Gasteiger partial charge in [0.2, 0.25) is 0 Å². The van der Waals surface area contributed by atoms with Gasteiger partial charge in [0.25, 0.3) is 0 Å². The zero-order valence-corrected chi connectivity index (χ0v) is 15.4. The van der Waals surface area contributed by atoms with Gasteiger partial charge in [0, 0.05) is 32.9 Å². The Morgan fingerprint density at radius 1 is 1.38 bits per heavy atom. The molecule has 0 saturated carbocycles. The highest BCUT2D eigenvalue weighted by atomic mass is 16.2. The Morgan fingerprint density at radius 2 is 2.19 bits per heavy atom. The lowest BCUT2D eigenvalue weighted by molar-refractivity contribution is 0.169. The van der Waals surface area contributed by atoms with E-state index in [-0.39, 0.29) is 6.03 Å². The van der Waals surface area contributed by atoms with Gasteiger partial charge in [-0.15, -0.1) is 0 Å². The van der Waals surface area contributed by atoms with Gasteiger partial charge in [-0.3, -0.25) is 4.68 Å². The van der Waals surface area contributed by atoms with E-state index < -0.39 is 0 Å². The summed E-state index contributed by atoms with van der Waals surface area (Å²) in [6, 6.07) is 7.75. The van der Waals surface area contributed by atoms with Crippen LogP contribution in [-0.4, -0.2) is 51.2 Å². The van der Waals surface area contributed by atoms with Gasteiger partial charge in [0.05, 0.1) is 30.0 Å². The first-order valence-corrected chi connectivity index (χ1v) is 8.61. The molecule has 1 aliphatic heterocycles. The largest absolute Gasteiger partial charge is 0.363 e. The molecule has 26 heavy (non-hydrogen) atoms. The normalized spacial score (nSPS) is 13.5. The van der Waals surface area contributed by atoms with E-state index in [0.29, 0.717) is 24.5 Å². The van der Waals surface area contributed by atoms with Crippen LogP contribution in [0.25, 0.3) is 0 Å². The lowest BCUT2D eigenvalue weighted by Crippen LogP contribution is -2.38. The van der Waals surface area contributed by atoms with Gasteiger partial charge >= 0.3 is 6.03 Å². The zero-order valence-electron chi connectivity index (χ0n) is 15.4. The molecular formula is C18H23N7O. The monoisotopic (exact) mass is 353 g/mol. The average molecular weight is 353 g/mol. The Hall–Kier alpha value is -3.08. The SMILES string of the molecule is Cc1ccc(C#N)c(NCc2cc3n(n2)CCCN(C(=O)N(C)C)C3)n1. The lowest BCUT2D eigenvalue weighted by Gasteiger charge is -2.23. The number of anilines is 1. The van der Waals surface area contributed by atoms with Gasteiger partial charge in [0.15, 0.2) is 0 Å². The van der Waals surface area contributed by atoms with Gasteiger partial charge in [0.1, 0.15) is 11.9 Å². The molecule has 1 N–H and O–H groups in total. The van der Waals surface area contributed by atoms with Crippen molar-refractivity contribution in [3.8, 4) is 6.07 Å². The van der Waals surface area contributed by atoms with E-state index in [9.17, 15) is 10.1 Å². The maximum Gasteiger partial charge on any atom is 0.319 e. The van der Waals surface area contributed by atoms with Crippen molar-refractivity contribution in [2.24, 2.45) is 0 Å². The first kappa shape index (κ1) is 17.7. The molecule has 8 heteroatoms. The Labute approximate surface area is 153 Å². The lowest BCUT2D eigenvalue weighted by atomic mass is 10.2. The fourth-order valence-corrected chi connectivity index (χ4v) is 3.01. The van der Waals surface area contributed by atoms with E-state index in [1.165, 1.54) is 0 Å². The Kier molecular flexibility index (Phi) is 5.07. The number of hydrogen-bond donors (Lipinski definition) is 1. The second kappa shape index (κ2) is 7.44. The van der Waals surface area contributed by atoms with Crippen LogP contribution in [0, 0.1) is 18.3 Å². The summed E-state index contributed by atoms with van der Waals surface area (Å²) in [5.74, 6) is 0.570. The zero-order chi connectivity index (χ0) is 18.7. The molecule has 0 unspecified atom stereocenters. The minimum Gasteiger partial charge on any atom is -0.363 e. The van der Waals surface area contributed by atoms with Crippen LogP contribution in [0.4, 0.5) is 10.6 Å². The highest BCUT2D eigenvalue weighted by molar-refractivity contribution is 5.73. The molecule has 2 amide bonds. The average Bonchev–Trinajstić information content (AvgIpc) is 2.89. The number of hydrogen-bond acceptors (Lipinski definition) is 5. The Bertz CT molecular complexity index is 850. The van der Waals surface area contributed by atoms with Crippen LogP contribution >= 0.6 is 0 Å². The van der Waals surface area contributed by atoms with Crippen molar-refractivity contribution in [3.05, 3.63) is 40.8 Å². The molecule has 0 atom stereocenters. The molecule has 3 rings (SSSR count). The second-order valence-corrected chi connectivity index (χ2v) is 6.62. The molecule has 8 nitrogen and oxygen atoms in total. The summed E-state index contributed by atoms with van der Waals surface area (Å²) in [5, 5.41) is 17.0. The fraction of sp³-hybridized carbons (Fsp3) is 0.444. The molecule has 0 radical (unpaired) electrons. The number of nitriles is 1. The summed E-state index contributed by atoms with van der Waals surface area (Å²) in [5.41, 5.74) is 3.25. The Balaban J connectivity index is 1.73. The van der Waals surface area contributed by atoms with Crippen molar-refractivity contribution in [1.29, 1.82) is 5.26 Å². The van der Waals surface area contributed by atoms with E-state index in [4.69, 9.17) is 0 Å². The molecule has 2 aromatic rings. The number of urea groups is 1. The number of fused-ring (bicyclic) bond motifs is 1. The van der Waals surface area contributed by atoms with Crippen molar-refractivity contribution >= 4 is 11.8 Å². The topological polar surface area (TPSA) is 90.1 Å². The van der Waals surface area contributed by atoms with Crippen LogP contribution in [0.1, 0.15) is 29.1 Å². The first-order valence-electron chi connectivity index (χ1n) is 8.61. The summed E-state index contributed by atoms with van der Waals surface area (Å²) >= 11 is 0. The molecule has 0 saturated heterocycles. The molecule has 3 heterocycles. The number of nitrogens with zero attached hydrogens (tertiary/aromatic N) is 6. The van der Waals surface area contributed by atoms with Crippen molar-refractivity contribution < 1.29 is 4.79 Å². The number of carbonyl (C=O) groups excluding carboxylic acids is 1. The summed E-state index contributed by atoms with van der Waals surface area (Å²) in [6.45, 7) is 4.44. The highest BCUT2D eigenvalue weighted by Crippen LogP contribution is 2.17. The van der Waals surface area contributed by atoms with Crippen LogP contribution in [0.15, 0.2) is 18.2 Å². The summed E-state index contributed by atoms with van der Waals surface area (Å²) < 4.78 is 1.97. The van der Waals surface area contributed by atoms with E-state index in [1.54, 1.807) is 25.1 Å². The molecule has 0 bridgehead atoms. The van der Waals surface area contributed by atoms with Crippen LogP contribution in [-0.2, 0) is 19.6 Å². The predicted octanol–water partition coefficient (Wildman–Crippen LogP) is 1.96. The van der Waals surface area contributed by atoms with Gasteiger partial charge in [-0.2, -0.15) is 10.4 Å². The molecule has 136 valence electrons.